The number of nitriles is 1. The van der Waals surface area contributed by atoms with E-state index >= 15 is 0 Å². The predicted molar refractivity (Wildman–Crippen MR) is 53.5 cm³/mol. The third kappa shape index (κ3) is 2.60. The van der Waals surface area contributed by atoms with Crippen LogP contribution in [0.2, 0.25) is 0 Å². The van der Waals surface area contributed by atoms with Gasteiger partial charge in [0.1, 0.15) is 6.54 Å². The summed E-state index contributed by atoms with van der Waals surface area (Å²) in [6, 6.07) is 11.4. The van der Waals surface area contributed by atoms with Crippen LogP contribution < -0.4 is 5.32 Å². The zero-order chi connectivity index (χ0) is 10.4. The van der Waals surface area contributed by atoms with Crippen LogP contribution in [0.1, 0.15) is 18.4 Å². The molecule has 72 valence electrons. The molecule has 0 saturated heterocycles. The molecule has 0 radical (unpaired) electrons. The van der Waals surface area contributed by atoms with Crippen LogP contribution in [-0.4, -0.2) is 12.5 Å². The molecule has 3 heteroatoms. The molecule has 0 unspecified atom stereocenters. The van der Waals surface area contributed by atoms with Crippen molar-refractivity contribution in [2.24, 2.45) is 0 Å². The Bertz CT molecular complexity index is 340. The number of amides is 1. The molecule has 0 aliphatic rings. The van der Waals surface area contributed by atoms with Gasteiger partial charge in [0.2, 0.25) is 5.91 Å². The molecule has 0 bridgehead atoms. The van der Waals surface area contributed by atoms with Crippen molar-refractivity contribution in [2.75, 3.05) is 6.54 Å². The van der Waals surface area contributed by atoms with Crippen LogP contribution in [0.5, 0.6) is 0 Å². The number of hydrogen-bond donors (Lipinski definition) is 1. The van der Waals surface area contributed by atoms with Gasteiger partial charge in [-0.15, -0.1) is 0 Å². The monoisotopic (exact) mass is 188 g/mol. The minimum Gasteiger partial charge on any atom is -0.342 e. The minimum atomic E-state index is -0.204. The first-order chi connectivity index (χ1) is 6.75. The molecular formula is C11H12N2O. The fraction of sp³-hybridized carbons (Fsp3) is 0.273. The van der Waals surface area contributed by atoms with Gasteiger partial charge in [-0.3, -0.25) is 4.79 Å². The first kappa shape index (κ1) is 10.3. The molecule has 3 nitrogen and oxygen atoms in total. The number of hydrogen-bond acceptors (Lipinski definition) is 2. The quantitative estimate of drug-likeness (QED) is 0.729. The summed E-state index contributed by atoms with van der Waals surface area (Å²) >= 11 is 0. The molecule has 0 aromatic heterocycles. The Labute approximate surface area is 83.4 Å². The average molecular weight is 188 g/mol. The molecule has 1 atom stereocenters. The van der Waals surface area contributed by atoms with Crippen LogP contribution in [-0.2, 0) is 4.79 Å². The van der Waals surface area contributed by atoms with E-state index in [9.17, 15) is 4.79 Å². The number of nitrogens with zero attached hydrogens (tertiary/aromatic N) is 1. The maximum atomic E-state index is 11.4. The normalized spacial score (nSPS) is 11.4. The van der Waals surface area contributed by atoms with E-state index in [1.165, 1.54) is 0 Å². The van der Waals surface area contributed by atoms with E-state index in [-0.39, 0.29) is 18.4 Å². The Balaban J connectivity index is 2.62. The van der Waals surface area contributed by atoms with Gasteiger partial charge in [0.25, 0.3) is 0 Å². The van der Waals surface area contributed by atoms with Crippen molar-refractivity contribution < 1.29 is 4.79 Å². The van der Waals surface area contributed by atoms with E-state index in [1.54, 1.807) is 0 Å². The first-order valence-corrected chi connectivity index (χ1v) is 4.45. The van der Waals surface area contributed by atoms with Crippen molar-refractivity contribution in [2.45, 2.75) is 12.8 Å². The Morgan fingerprint density at radius 1 is 1.50 bits per heavy atom. The lowest BCUT2D eigenvalue weighted by Crippen LogP contribution is -2.28. The Morgan fingerprint density at radius 2 is 2.14 bits per heavy atom. The van der Waals surface area contributed by atoms with Crippen LogP contribution in [0.25, 0.3) is 0 Å². The highest BCUT2D eigenvalue weighted by molar-refractivity contribution is 5.83. The van der Waals surface area contributed by atoms with Crippen LogP contribution in [0.3, 0.4) is 0 Å². The Morgan fingerprint density at radius 3 is 2.71 bits per heavy atom. The summed E-state index contributed by atoms with van der Waals surface area (Å²) in [5, 5.41) is 10.8. The maximum absolute atomic E-state index is 11.4. The van der Waals surface area contributed by atoms with Crippen molar-refractivity contribution in [3.63, 3.8) is 0 Å². The second kappa shape index (κ2) is 5.03. The summed E-state index contributed by atoms with van der Waals surface area (Å²) in [4.78, 5) is 11.4. The van der Waals surface area contributed by atoms with Gasteiger partial charge in [-0.1, -0.05) is 30.3 Å². The molecule has 0 spiro atoms. The van der Waals surface area contributed by atoms with Gasteiger partial charge in [-0.25, -0.2) is 0 Å². The van der Waals surface area contributed by atoms with E-state index in [0.29, 0.717) is 0 Å². The Hall–Kier alpha value is -1.82. The molecule has 1 aromatic carbocycles. The summed E-state index contributed by atoms with van der Waals surface area (Å²) in [5.74, 6) is -0.317. The van der Waals surface area contributed by atoms with E-state index in [4.69, 9.17) is 5.26 Å². The molecule has 1 rings (SSSR count). The number of carbonyl (C=O) groups is 1. The van der Waals surface area contributed by atoms with Crippen LogP contribution >= 0.6 is 0 Å². The van der Waals surface area contributed by atoms with E-state index < -0.39 is 0 Å². The topological polar surface area (TPSA) is 52.9 Å². The predicted octanol–water partition coefficient (Wildman–Crippen LogP) is 1.43. The number of rotatable bonds is 3. The van der Waals surface area contributed by atoms with Gasteiger partial charge in [-0.2, -0.15) is 5.26 Å². The molecule has 0 heterocycles. The van der Waals surface area contributed by atoms with Crippen molar-refractivity contribution in [3.8, 4) is 6.07 Å². The summed E-state index contributed by atoms with van der Waals surface area (Å²) in [5.41, 5.74) is 0.961. The van der Waals surface area contributed by atoms with Gasteiger partial charge >= 0.3 is 0 Å². The average Bonchev–Trinajstić information content (AvgIpc) is 2.26. The molecule has 0 saturated carbocycles. The second-order valence-corrected chi connectivity index (χ2v) is 3.01. The van der Waals surface area contributed by atoms with Gasteiger partial charge in [0, 0.05) is 0 Å². The van der Waals surface area contributed by atoms with Gasteiger partial charge in [0.05, 0.1) is 12.0 Å². The van der Waals surface area contributed by atoms with E-state index in [0.717, 1.165) is 5.56 Å². The molecule has 1 N–H and O–H groups in total. The highest BCUT2D eigenvalue weighted by Crippen LogP contribution is 2.13. The van der Waals surface area contributed by atoms with Crippen LogP contribution in [0, 0.1) is 11.3 Å². The molecule has 0 fully saturated rings. The van der Waals surface area contributed by atoms with Crippen LogP contribution in [0.15, 0.2) is 30.3 Å². The van der Waals surface area contributed by atoms with Crippen molar-refractivity contribution >= 4 is 5.91 Å². The maximum Gasteiger partial charge on any atom is 0.228 e. The fourth-order valence-corrected chi connectivity index (χ4v) is 1.17. The first-order valence-electron chi connectivity index (χ1n) is 4.45. The van der Waals surface area contributed by atoms with Gasteiger partial charge < -0.3 is 5.32 Å². The fourth-order valence-electron chi connectivity index (χ4n) is 1.17. The molecule has 1 amide bonds. The lowest BCUT2D eigenvalue weighted by atomic mass is 10.0. The highest BCUT2D eigenvalue weighted by Gasteiger charge is 2.13. The van der Waals surface area contributed by atoms with Crippen LogP contribution in [0.4, 0.5) is 0 Å². The number of benzene rings is 1. The lowest BCUT2D eigenvalue weighted by molar-refractivity contribution is -0.121. The van der Waals surface area contributed by atoms with Crippen molar-refractivity contribution in [1.29, 1.82) is 5.26 Å². The summed E-state index contributed by atoms with van der Waals surface area (Å²) in [6.07, 6.45) is 0. The van der Waals surface area contributed by atoms with Gasteiger partial charge in [0.15, 0.2) is 0 Å². The highest BCUT2D eigenvalue weighted by atomic mass is 16.1. The summed E-state index contributed by atoms with van der Waals surface area (Å²) in [6.45, 7) is 1.89. The second-order valence-electron chi connectivity index (χ2n) is 3.01. The molecule has 0 aliphatic heterocycles. The summed E-state index contributed by atoms with van der Waals surface area (Å²) in [7, 11) is 0. The smallest absolute Gasteiger partial charge is 0.228 e. The standard InChI is InChI=1S/C11H12N2O/c1-9(11(14)13-8-7-12)10-5-3-2-4-6-10/h2-6,9H,8H2,1H3,(H,13,14)/t9-/m0/s1. The number of nitrogens with one attached hydrogen (secondary N) is 1. The molecule has 1 aromatic rings. The largest absolute Gasteiger partial charge is 0.342 e. The molecule has 0 aliphatic carbocycles. The molecular weight excluding hydrogens is 176 g/mol. The van der Waals surface area contributed by atoms with Crippen molar-refractivity contribution in [3.05, 3.63) is 35.9 Å². The third-order valence-electron chi connectivity index (χ3n) is 2.03. The van der Waals surface area contributed by atoms with E-state index in [1.807, 2.05) is 43.3 Å². The van der Waals surface area contributed by atoms with Crippen molar-refractivity contribution in [1.82, 2.24) is 5.32 Å². The molecule has 14 heavy (non-hydrogen) atoms. The Kier molecular flexibility index (Phi) is 3.69. The number of carbonyl (C=O) groups excluding carboxylic acids is 1. The zero-order valence-electron chi connectivity index (χ0n) is 8.03. The summed E-state index contributed by atoms with van der Waals surface area (Å²) < 4.78 is 0. The van der Waals surface area contributed by atoms with E-state index in [2.05, 4.69) is 5.32 Å². The van der Waals surface area contributed by atoms with Gasteiger partial charge in [-0.05, 0) is 12.5 Å². The zero-order valence-corrected chi connectivity index (χ0v) is 8.03. The lowest BCUT2D eigenvalue weighted by Gasteiger charge is -2.10. The minimum absolute atomic E-state index is 0.0655. The SMILES string of the molecule is C[C@H](C(=O)NCC#N)c1ccccc1. The third-order valence-corrected chi connectivity index (χ3v) is 2.03.